The minimum atomic E-state index is -0.786. The summed E-state index contributed by atoms with van der Waals surface area (Å²) in [5, 5.41) is 32.3. The SMILES string of the molecule is CCCCOC(=O)Cn1nnnc1SC(CC)c1cc(C(C)Sc2nnnn2-c2ccccc2)c(Oc2c(-c3ccc(Cl)c(Cl)c3)[nH]n(-c3ccc(NC(=O)C(CC)Oc4ccc(C(C)(C)CC)cc4C(C)(C)CC)cc3)c2=O)cc1Cl. The number of esters is 1. The van der Waals surface area contributed by atoms with E-state index >= 15 is 4.79 Å². The zero-order valence-electron chi connectivity index (χ0n) is 47.6. The minimum absolute atomic E-state index is 0.0254. The number of hydrogen-bond donors (Lipinski definition) is 2. The third-order valence-electron chi connectivity index (χ3n) is 14.6. The highest BCUT2D eigenvalue weighted by molar-refractivity contribution is 7.99. The van der Waals surface area contributed by atoms with Crippen LogP contribution in [-0.4, -0.2) is 74.8 Å². The number of thioether (sulfide) groups is 2. The first-order valence-corrected chi connectivity index (χ1v) is 30.3. The van der Waals surface area contributed by atoms with Gasteiger partial charge in [-0.3, -0.25) is 19.5 Å². The summed E-state index contributed by atoms with van der Waals surface area (Å²) in [4.78, 5) is 41.8. The van der Waals surface area contributed by atoms with Crippen molar-refractivity contribution in [2.75, 3.05) is 11.9 Å². The van der Waals surface area contributed by atoms with Crippen molar-refractivity contribution in [2.45, 2.75) is 152 Å². The Balaban J connectivity index is 1.14. The fourth-order valence-electron chi connectivity index (χ4n) is 8.84. The zero-order valence-corrected chi connectivity index (χ0v) is 51.5. The molecule has 0 radical (unpaired) electrons. The van der Waals surface area contributed by atoms with Crippen LogP contribution in [0.3, 0.4) is 0 Å². The molecule has 3 heterocycles. The quantitative estimate of drug-likeness (QED) is 0.0295. The number of benzene rings is 5. The fourth-order valence-corrected chi connectivity index (χ4v) is 11.5. The van der Waals surface area contributed by atoms with Gasteiger partial charge in [-0.25, -0.2) is 9.36 Å². The first-order valence-electron chi connectivity index (χ1n) is 27.4. The zero-order chi connectivity index (χ0) is 58.9. The van der Waals surface area contributed by atoms with Crippen LogP contribution in [-0.2, 0) is 31.7 Å². The summed E-state index contributed by atoms with van der Waals surface area (Å²) < 4.78 is 23.3. The lowest BCUT2D eigenvalue weighted by molar-refractivity contribution is -0.144. The van der Waals surface area contributed by atoms with Gasteiger partial charge in [0.05, 0.1) is 28.0 Å². The molecule has 3 aromatic heterocycles. The normalized spacial score (nSPS) is 12.9. The number of amides is 1. The number of nitrogens with one attached hydrogen (secondary N) is 2. The smallest absolute Gasteiger partial charge is 0.327 e. The Morgan fingerprint density at radius 2 is 1.45 bits per heavy atom. The highest BCUT2D eigenvalue weighted by atomic mass is 35.5. The second kappa shape index (κ2) is 27.2. The van der Waals surface area contributed by atoms with Gasteiger partial charge in [0.15, 0.2) is 6.10 Å². The van der Waals surface area contributed by atoms with Gasteiger partial charge in [0.25, 0.3) is 5.91 Å². The summed E-state index contributed by atoms with van der Waals surface area (Å²) in [7, 11) is 0. The molecule has 3 atom stereocenters. The number of halogens is 3. The summed E-state index contributed by atoms with van der Waals surface area (Å²) in [5.41, 5.74) is 5.39. The molecule has 8 rings (SSSR count). The van der Waals surface area contributed by atoms with Crippen LogP contribution in [0.1, 0.15) is 141 Å². The van der Waals surface area contributed by atoms with Gasteiger partial charge < -0.3 is 19.5 Å². The van der Waals surface area contributed by atoms with Crippen LogP contribution in [0, 0.1) is 0 Å². The molecule has 8 aromatic rings. The number of para-hydroxylation sites is 1. The van der Waals surface area contributed by atoms with E-state index in [9.17, 15) is 9.59 Å². The predicted molar refractivity (Wildman–Crippen MR) is 326 cm³/mol. The van der Waals surface area contributed by atoms with Crippen molar-refractivity contribution in [3.05, 3.63) is 151 Å². The Hall–Kier alpha value is -6.64. The van der Waals surface area contributed by atoms with Crippen molar-refractivity contribution in [3.63, 3.8) is 0 Å². The van der Waals surface area contributed by atoms with Gasteiger partial charge >= 0.3 is 11.5 Å². The third-order valence-corrected chi connectivity index (χ3v) is 18.2. The van der Waals surface area contributed by atoms with Crippen LogP contribution >= 0.6 is 58.3 Å². The number of rotatable bonds is 26. The van der Waals surface area contributed by atoms with E-state index in [-0.39, 0.29) is 45.1 Å². The molecule has 0 spiro atoms. The Morgan fingerprint density at radius 3 is 2.13 bits per heavy atom. The van der Waals surface area contributed by atoms with Crippen molar-refractivity contribution in [1.82, 2.24) is 50.2 Å². The number of ether oxygens (including phenoxy) is 3. The summed E-state index contributed by atoms with van der Waals surface area (Å²) >= 11 is 23.1. The van der Waals surface area contributed by atoms with Crippen molar-refractivity contribution in [3.8, 4) is 39.9 Å². The van der Waals surface area contributed by atoms with E-state index in [0.717, 1.165) is 42.5 Å². The van der Waals surface area contributed by atoms with E-state index in [1.54, 1.807) is 53.2 Å². The number of hydrogen-bond acceptors (Lipinski definition) is 14. The van der Waals surface area contributed by atoms with Gasteiger partial charge in [-0.05, 0) is 143 Å². The number of anilines is 1. The number of tetrazole rings is 2. The number of unbranched alkanes of at least 4 members (excludes halogenated alkanes) is 1. The average Bonchev–Trinajstić information content (AvgIpc) is 4.39. The number of nitrogens with zero attached hydrogens (tertiary/aromatic N) is 9. The molecule has 0 bridgehead atoms. The molecule has 3 unspecified atom stereocenters. The third kappa shape index (κ3) is 14.2. The highest BCUT2D eigenvalue weighted by Gasteiger charge is 2.31. The first kappa shape index (κ1) is 61.4. The second-order valence-corrected chi connectivity index (χ2v) is 24.7. The second-order valence-electron chi connectivity index (χ2n) is 21.0. The van der Waals surface area contributed by atoms with Gasteiger partial charge in [0.1, 0.15) is 23.7 Å². The summed E-state index contributed by atoms with van der Waals surface area (Å²) in [5.74, 6) is 0.128. The van der Waals surface area contributed by atoms with Crippen LogP contribution in [0.15, 0.2) is 118 Å². The number of aromatic nitrogens is 10. The van der Waals surface area contributed by atoms with Gasteiger partial charge in [0.2, 0.25) is 16.1 Å². The molecule has 0 saturated heterocycles. The lowest BCUT2D eigenvalue weighted by atomic mass is 9.76. The number of aromatic amines is 1. The summed E-state index contributed by atoms with van der Waals surface area (Å²) in [6.07, 6.45) is 3.71. The van der Waals surface area contributed by atoms with Crippen molar-refractivity contribution in [2.24, 2.45) is 0 Å². The topological polar surface area (TPSA) is 199 Å². The lowest BCUT2D eigenvalue weighted by Gasteiger charge is -2.31. The van der Waals surface area contributed by atoms with Gasteiger partial charge in [0, 0.05) is 44.0 Å². The molecule has 0 saturated carbocycles. The molecule has 1 amide bonds. The molecular weight excluding hydrogens is 1140 g/mol. The van der Waals surface area contributed by atoms with Crippen LogP contribution in [0.4, 0.5) is 5.69 Å². The van der Waals surface area contributed by atoms with E-state index in [1.807, 2.05) is 70.2 Å². The van der Waals surface area contributed by atoms with Gasteiger partial charge in [-0.2, -0.15) is 4.68 Å². The molecule has 22 heteroatoms. The minimum Gasteiger partial charge on any atom is -0.480 e. The van der Waals surface area contributed by atoms with E-state index in [1.165, 1.54) is 38.5 Å². The van der Waals surface area contributed by atoms with E-state index < -0.39 is 22.9 Å². The molecule has 5 aromatic carbocycles. The molecule has 0 fully saturated rings. The number of carbonyl (C=O) groups is 2. The number of carbonyl (C=O) groups excluding carboxylic acids is 2. The maximum absolute atomic E-state index is 15.0. The predicted octanol–water partition coefficient (Wildman–Crippen LogP) is 15.2. The molecule has 0 aliphatic carbocycles. The molecule has 0 aliphatic heterocycles. The molecular formula is C60H68Cl3N11O6S2. The van der Waals surface area contributed by atoms with Crippen molar-refractivity contribution >= 4 is 75.9 Å². The van der Waals surface area contributed by atoms with Crippen LogP contribution in [0.25, 0.3) is 22.6 Å². The summed E-state index contributed by atoms with van der Waals surface area (Å²) in [6.45, 7) is 21.3. The average molecular weight is 1210 g/mol. The van der Waals surface area contributed by atoms with Crippen LogP contribution < -0.4 is 20.3 Å². The van der Waals surface area contributed by atoms with E-state index in [4.69, 9.17) is 49.0 Å². The van der Waals surface area contributed by atoms with Gasteiger partial charge in [-0.15, -0.1) is 10.2 Å². The lowest BCUT2D eigenvalue weighted by Crippen LogP contribution is -2.33. The summed E-state index contributed by atoms with van der Waals surface area (Å²) in [6, 6.07) is 31.4. The molecule has 2 N–H and O–H groups in total. The molecule has 17 nitrogen and oxygen atoms in total. The number of H-pyrrole nitrogens is 1. The fraction of sp³-hybridized carbons (Fsp3) is 0.383. The molecule has 82 heavy (non-hydrogen) atoms. The maximum Gasteiger partial charge on any atom is 0.327 e. The maximum atomic E-state index is 15.0. The Kier molecular flexibility index (Phi) is 20.4. The van der Waals surface area contributed by atoms with Gasteiger partial charge in [-0.1, -0.05) is 163 Å². The Bertz CT molecular complexity index is 3570. The molecule has 432 valence electrons. The van der Waals surface area contributed by atoms with Crippen molar-refractivity contribution in [1.29, 1.82) is 0 Å². The van der Waals surface area contributed by atoms with E-state index in [2.05, 4.69) is 95.1 Å². The molecule has 0 aliphatic rings. The van der Waals surface area contributed by atoms with Crippen molar-refractivity contribution < 1.29 is 23.8 Å². The Morgan fingerprint density at radius 1 is 0.732 bits per heavy atom. The van der Waals surface area contributed by atoms with E-state index in [0.29, 0.717) is 73.8 Å². The van der Waals surface area contributed by atoms with Crippen LogP contribution in [0.5, 0.6) is 17.2 Å². The largest absolute Gasteiger partial charge is 0.480 e. The highest BCUT2D eigenvalue weighted by Crippen LogP contribution is 2.48. The first-order chi connectivity index (χ1) is 39.3. The standard InChI is InChI=1S/C60H68Cl3N11O6S2/c1-11-16-30-78-52(75)35-72-57(65-68-70-72)82-51(13-3)43-33-42(36(6)81-58-66-69-71-74(58)40-20-18-17-19-21-40)50(34-46(43)62)80-54-53(37-22-28-45(61)47(63)31-37)67-73(56(54)77)41-26-24-39(25-27-41)64-55(76)48(12-2)79-49-29-23-38(59(7,8)14-4)32-44(49)60(9,10)15-5/h17-29,31-34,36,48,51,67H,11-16,30,35H2,1-10H3,(H,64,76). The monoisotopic (exact) mass is 1210 g/mol. The van der Waals surface area contributed by atoms with Crippen LogP contribution in [0.2, 0.25) is 15.1 Å². The Labute approximate surface area is 501 Å².